The predicted molar refractivity (Wildman–Crippen MR) is 100 cm³/mol. The minimum atomic E-state index is -0.410. The molecule has 0 saturated heterocycles. The van der Waals surface area contributed by atoms with Crippen molar-refractivity contribution in [3.8, 4) is 0 Å². The van der Waals surface area contributed by atoms with E-state index in [4.69, 9.17) is 4.74 Å². The summed E-state index contributed by atoms with van der Waals surface area (Å²) in [6.07, 6.45) is 1.75. The van der Waals surface area contributed by atoms with Crippen molar-refractivity contribution in [2.45, 2.75) is 19.8 Å². The molecule has 0 aliphatic carbocycles. The molecule has 0 unspecified atom stereocenters. The zero-order valence-electron chi connectivity index (χ0n) is 12.9. The Morgan fingerprint density at radius 3 is 2.52 bits per heavy atom. The molecule has 1 aliphatic rings. The quantitative estimate of drug-likeness (QED) is 0.411. The number of ether oxygens (including phenoxy) is 1. The summed E-state index contributed by atoms with van der Waals surface area (Å²) in [6, 6.07) is 15.8. The van der Waals surface area contributed by atoms with Gasteiger partial charge >= 0.3 is 5.97 Å². The van der Waals surface area contributed by atoms with Crippen LogP contribution < -0.4 is 0 Å². The zero-order chi connectivity index (χ0) is 16.4. The second-order valence-corrected chi connectivity index (χ2v) is 6.91. The molecule has 0 saturated carbocycles. The van der Waals surface area contributed by atoms with Crippen molar-refractivity contribution in [3.05, 3.63) is 74.5 Å². The first-order valence-electron chi connectivity index (χ1n) is 7.41. The maximum Gasteiger partial charge on any atom is 0.363 e. The fourth-order valence-corrected chi connectivity index (χ4v) is 2.86. The van der Waals surface area contributed by atoms with E-state index in [9.17, 15) is 4.79 Å². The molecule has 2 aromatic carbocycles. The minimum absolute atomic E-state index is 0.329. The summed E-state index contributed by atoms with van der Waals surface area (Å²) in [5, 5.41) is 0. The van der Waals surface area contributed by atoms with Gasteiger partial charge in [-0.15, -0.1) is 0 Å². The molecule has 4 heteroatoms. The number of aliphatic imine (C=N–C) groups is 1. The van der Waals surface area contributed by atoms with Gasteiger partial charge in [0, 0.05) is 9.13 Å². The number of hydrogen-bond acceptors (Lipinski definition) is 3. The Labute approximate surface area is 149 Å². The van der Waals surface area contributed by atoms with Crippen LogP contribution in [0.15, 0.2) is 59.2 Å². The lowest BCUT2D eigenvalue weighted by atomic mass is 10.0. The van der Waals surface area contributed by atoms with Crippen LogP contribution in [0.25, 0.3) is 6.08 Å². The molecule has 0 spiro atoms. The van der Waals surface area contributed by atoms with Gasteiger partial charge in [0.15, 0.2) is 5.70 Å². The average Bonchev–Trinajstić information content (AvgIpc) is 2.88. The number of rotatable bonds is 3. The molecule has 0 aromatic heterocycles. The third-order valence-electron chi connectivity index (χ3n) is 3.60. The normalized spacial score (nSPS) is 15.9. The summed E-state index contributed by atoms with van der Waals surface area (Å²) >= 11 is 2.24. The van der Waals surface area contributed by atoms with Crippen LogP contribution in [0.1, 0.15) is 36.5 Å². The van der Waals surface area contributed by atoms with Gasteiger partial charge in [-0.05, 0) is 70.0 Å². The fourth-order valence-electron chi connectivity index (χ4n) is 2.30. The maximum atomic E-state index is 12.0. The van der Waals surface area contributed by atoms with Crippen molar-refractivity contribution in [1.29, 1.82) is 0 Å². The molecule has 0 N–H and O–H groups in total. The highest BCUT2D eigenvalue weighted by molar-refractivity contribution is 14.1. The second kappa shape index (κ2) is 6.66. The molecule has 3 nitrogen and oxygen atoms in total. The Hall–Kier alpha value is -1.95. The van der Waals surface area contributed by atoms with Crippen molar-refractivity contribution in [1.82, 2.24) is 0 Å². The molecule has 2 aromatic rings. The first kappa shape index (κ1) is 15.9. The van der Waals surface area contributed by atoms with Gasteiger partial charge in [-0.3, -0.25) is 0 Å². The molecule has 3 rings (SSSR count). The van der Waals surface area contributed by atoms with E-state index in [2.05, 4.69) is 41.4 Å². The molecule has 1 aliphatic heterocycles. The number of benzene rings is 2. The molecule has 0 amide bonds. The van der Waals surface area contributed by atoms with Crippen LogP contribution in [0.2, 0.25) is 0 Å². The van der Waals surface area contributed by atoms with Gasteiger partial charge in [0.25, 0.3) is 0 Å². The van der Waals surface area contributed by atoms with E-state index < -0.39 is 5.97 Å². The molecule has 23 heavy (non-hydrogen) atoms. The Bertz CT molecular complexity index is 804. The minimum Gasteiger partial charge on any atom is -0.402 e. The summed E-state index contributed by atoms with van der Waals surface area (Å²) in [5.41, 5.74) is 3.32. The van der Waals surface area contributed by atoms with Gasteiger partial charge in [-0.25, -0.2) is 9.79 Å². The smallest absolute Gasteiger partial charge is 0.363 e. The lowest BCUT2D eigenvalue weighted by Crippen LogP contribution is -2.05. The summed E-state index contributed by atoms with van der Waals surface area (Å²) in [7, 11) is 0. The summed E-state index contributed by atoms with van der Waals surface area (Å²) in [5.74, 6) is 0.419. The number of cyclic esters (lactones) is 1. The first-order valence-corrected chi connectivity index (χ1v) is 8.49. The zero-order valence-corrected chi connectivity index (χ0v) is 15.1. The average molecular weight is 417 g/mol. The lowest BCUT2D eigenvalue weighted by molar-refractivity contribution is -0.129. The largest absolute Gasteiger partial charge is 0.402 e. The van der Waals surface area contributed by atoms with Crippen LogP contribution in [0.5, 0.6) is 0 Å². The fraction of sp³-hybridized carbons (Fsp3) is 0.158. The maximum absolute atomic E-state index is 12.0. The highest BCUT2D eigenvalue weighted by atomic mass is 127. The Balaban J connectivity index is 1.89. The van der Waals surface area contributed by atoms with Crippen LogP contribution in [0.3, 0.4) is 0 Å². The highest BCUT2D eigenvalue weighted by Crippen LogP contribution is 2.21. The van der Waals surface area contributed by atoms with Crippen LogP contribution >= 0.6 is 22.6 Å². The van der Waals surface area contributed by atoms with Gasteiger partial charge < -0.3 is 4.74 Å². The third kappa shape index (κ3) is 3.69. The number of hydrogen-bond donors (Lipinski definition) is 0. The number of nitrogens with zero attached hydrogens (tertiary/aromatic N) is 1. The molecule has 0 radical (unpaired) electrons. The Kier molecular flexibility index (Phi) is 4.61. The number of carbonyl (C=O) groups excluding carboxylic acids is 1. The monoisotopic (exact) mass is 417 g/mol. The lowest BCUT2D eigenvalue weighted by Gasteiger charge is -2.05. The van der Waals surface area contributed by atoms with Crippen molar-refractivity contribution in [2.75, 3.05) is 0 Å². The van der Waals surface area contributed by atoms with Gasteiger partial charge in [0.1, 0.15) is 0 Å². The molecular formula is C19H16INO2. The Morgan fingerprint density at radius 1 is 1.13 bits per heavy atom. The molecule has 0 fully saturated rings. The van der Waals surface area contributed by atoms with Crippen LogP contribution in [0.4, 0.5) is 0 Å². The standard InChI is InChI=1S/C19H16INO2/c1-12(2)14-6-8-15(9-7-14)18-21-17(19(22)23-18)11-13-4-3-5-16(20)10-13/h3-12H,1-2H3/b17-11-. The van der Waals surface area contributed by atoms with Gasteiger partial charge in [0.05, 0.1) is 0 Å². The summed E-state index contributed by atoms with van der Waals surface area (Å²) in [6.45, 7) is 4.29. The van der Waals surface area contributed by atoms with E-state index in [1.807, 2.05) is 48.5 Å². The number of carbonyl (C=O) groups is 1. The van der Waals surface area contributed by atoms with Crippen LogP contribution in [-0.2, 0) is 9.53 Å². The van der Waals surface area contributed by atoms with Gasteiger partial charge in [-0.1, -0.05) is 38.1 Å². The van der Waals surface area contributed by atoms with E-state index >= 15 is 0 Å². The number of halogens is 1. The van der Waals surface area contributed by atoms with Crippen molar-refractivity contribution < 1.29 is 9.53 Å². The third-order valence-corrected chi connectivity index (χ3v) is 4.27. The predicted octanol–water partition coefficient (Wildman–Crippen LogP) is 4.76. The van der Waals surface area contributed by atoms with E-state index in [1.165, 1.54) is 5.56 Å². The molecule has 116 valence electrons. The van der Waals surface area contributed by atoms with Gasteiger partial charge in [-0.2, -0.15) is 0 Å². The molecule has 1 heterocycles. The highest BCUT2D eigenvalue weighted by Gasteiger charge is 2.24. The van der Waals surface area contributed by atoms with Crippen molar-refractivity contribution in [2.24, 2.45) is 4.99 Å². The van der Waals surface area contributed by atoms with Crippen molar-refractivity contribution in [3.63, 3.8) is 0 Å². The van der Waals surface area contributed by atoms with Crippen LogP contribution in [0, 0.1) is 3.57 Å². The van der Waals surface area contributed by atoms with Gasteiger partial charge in [0.2, 0.25) is 5.90 Å². The SMILES string of the molecule is CC(C)c1ccc(C2=N/C(=C\c3cccc(I)c3)C(=O)O2)cc1. The van der Waals surface area contributed by atoms with E-state index in [1.54, 1.807) is 6.08 Å². The molecular weight excluding hydrogens is 401 g/mol. The van der Waals surface area contributed by atoms with E-state index in [-0.39, 0.29) is 0 Å². The van der Waals surface area contributed by atoms with Crippen molar-refractivity contribution >= 4 is 40.5 Å². The van der Waals surface area contributed by atoms with E-state index in [0.29, 0.717) is 17.5 Å². The molecule has 0 atom stereocenters. The Morgan fingerprint density at radius 2 is 1.87 bits per heavy atom. The summed E-state index contributed by atoms with van der Waals surface area (Å²) in [4.78, 5) is 16.4. The van der Waals surface area contributed by atoms with E-state index in [0.717, 1.165) is 14.7 Å². The first-order chi connectivity index (χ1) is 11.0. The molecule has 0 bridgehead atoms. The summed E-state index contributed by atoms with van der Waals surface area (Å²) < 4.78 is 6.41. The second-order valence-electron chi connectivity index (χ2n) is 5.67. The van der Waals surface area contributed by atoms with Crippen LogP contribution in [-0.4, -0.2) is 11.9 Å². The number of esters is 1. The topological polar surface area (TPSA) is 38.7 Å².